The molecular formula is C21H22Cl2N2O3. The van der Waals surface area contributed by atoms with Crippen LogP contribution in [0.3, 0.4) is 0 Å². The van der Waals surface area contributed by atoms with Gasteiger partial charge in [0.15, 0.2) is 0 Å². The van der Waals surface area contributed by atoms with E-state index in [1.54, 1.807) is 29.2 Å². The molecular weight excluding hydrogens is 399 g/mol. The molecule has 1 aliphatic heterocycles. The van der Waals surface area contributed by atoms with Gasteiger partial charge in [0.2, 0.25) is 5.91 Å². The number of nitrogens with two attached hydrogens (primary N) is 1. The van der Waals surface area contributed by atoms with E-state index in [4.69, 9.17) is 33.7 Å². The normalized spacial score (nSPS) is 19.5. The summed E-state index contributed by atoms with van der Waals surface area (Å²) in [6.07, 6.45) is -1.88. The van der Waals surface area contributed by atoms with E-state index in [0.717, 1.165) is 5.56 Å². The lowest BCUT2D eigenvalue weighted by Crippen LogP contribution is -2.43. The van der Waals surface area contributed by atoms with Crippen LogP contribution < -0.4 is 10.6 Å². The van der Waals surface area contributed by atoms with E-state index >= 15 is 0 Å². The lowest BCUT2D eigenvalue weighted by molar-refractivity contribution is -0.137. The zero-order valence-electron chi connectivity index (χ0n) is 15.7. The minimum atomic E-state index is -1.01. The van der Waals surface area contributed by atoms with Crippen molar-refractivity contribution in [3.05, 3.63) is 63.6 Å². The van der Waals surface area contributed by atoms with Crippen LogP contribution in [0.1, 0.15) is 37.5 Å². The second-order valence-corrected chi connectivity index (χ2v) is 8.09. The number of carbonyl (C=O) groups excluding carboxylic acids is 2. The number of amides is 2. The quantitative estimate of drug-likeness (QED) is 0.781. The summed E-state index contributed by atoms with van der Waals surface area (Å²) in [7, 11) is 0. The number of carbonyl (C=O) groups is 2. The summed E-state index contributed by atoms with van der Waals surface area (Å²) < 4.78 is 6.16. The Labute approximate surface area is 174 Å². The van der Waals surface area contributed by atoms with Crippen LogP contribution in [0.5, 0.6) is 0 Å². The first-order valence-electron chi connectivity index (χ1n) is 9.07. The highest BCUT2D eigenvalue weighted by molar-refractivity contribution is 6.31. The Hall–Kier alpha value is -2.08. The largest absolute Gasteiger partial charge is 0.370 e. The van der Waals surface area contributed by atoms with Crippen LogP contribution in [-0.4, -0.2) is 24.5 Å². The van der Waals surface area contributed by atoms with Gasteiger partial charge < -0.3 is 15.4 Å². The Kier molecular flexibility index (Phi) is 6.28. The zero-order valence-corrected chi connectivity index (χ0v) is 17.2. The molecule has 5 nitrogen and oxygen atoms in total. The Bertz CT molecular complexity index is 901. The van der Waals surface area contributed by atoms with Gasteiger partial charge in [0.05, 0.1) is 6.42 Å². The van der Waals surface area contributed by atoms with Crippen LogP contribution in [-0.2, 0) is 14.3 Å². The van der Waals surface area contributed by atoms with Gasteiger partial charge in [-0.25, -0.2) is 0 Å². The van der Waals surface area contributed by atoms with Gasteiger partial charge >= 0.3 is 0 Å². The van der Waals surface area contributed by atoms with Crippen molar-refractivity contribution < 1.29 is 14.3 Å². The number of rotatable bonds is 5. The molecule has 2 amide bonds. The van der Waals surface area contributed by atoms with Gasteiger partial charge in [-0.05, 0) is 30.2 Å². The number of anilines is 1. The Balaban J connectivity index is 2.20. The number of fused-ring (bicyclic) bond motifs is 1. The third-order valence-corrected chi connectivity index (χ3v) is 5.11. The van der Waals surface area contributed by atoms with E-state index in [2.05, 4.69) is 0 Å². The van der Waals surface area contributed by atoms with Crippen LogP contribution in [0.2, 0.25) is 10.0 Å². The number of hydrogen-bond donors (Lipinski definition) is 1. The molecule has 2 atom stereocenters. The van der Waals surface area contributed by atoms with Crippen LogP contribution in [0.15, 0.2) is 42.5 Å². The minimum absolute atomic E-state index is 0.207. The second-order valence-electron chi connectivity index (χ2n) is 7.24. The second kappa shape index (κ2) is 8.52. The summed E-state index contributed by atoms with van der Waals surface area (Å²) >= 11 is 12.7. The highest BCUT2D eigenvalue weighted by Gasteiger charge is 2.38. The van der Waals surface area contributed by atoms with E-state index in [-0.39, 0.29) is 18.2 Å². The molecule has 7 heteroatoms. The maximum absolute atomic E-state index is 13.3. The molecule has 0 bridgehead atoms. The summed E-state index contributed by atoms with van der Waals surface area (Å²) in [5, 5.41) is 1.02. The lowest BCUT2D eigenvalue weighted by Gasteiger charge is -2.26. The molecule has 2 aromatic carbocycles. The SMILES string of the molecule is CC(C)CN1C(=O)[C@H](CC(N)=O)O[C@@H](c2ccccc2Cl)c2cc(Cl)ccc21. The van der Waals surface area contributed by atoms with Gasteiger partial charge in [0.1, 0.15) is 12.2 Å². The molecule has 0 saturated carbocycles. The Morgan fingerprint density at radius 3 is 2.54 bits per heavy atom. The smallest absolute Gasteiger partial charge is 0.256 e. The molecule has 0 fully saturated rings. The summed E-state index contributed by atoms with van der Waals surface area (Å²) in [5.41, 5.74) is 7.50. The fourth-order valence-corrected chi connectivity index (χ4v) is 3.79. The first-order chi connectivity index (χ1) is 13.3. The van der Waals surface area contributed by atoms with Crippen molar-refractivity contribution in [2.75, 3.05) is 11.4 Å². The molecule has 0 spiro atoms. The average Bonchev–Trinajstić information content (AvgIpc) is 2.72. The van der Waals surface area contributed by atoms with E-state index in [0.29, 0.717) is 27.8 Å². The Morgan fingerprint density at radius 2 is 1.89 bits per heavy atom. The molecule has 0 aliphatic carbocycles. The fraction of sp³-hybridized carbons (Fsp3) is 0.333. The van der Waals surface area contributed by atoms with Gasteiger partial charge in [0, 0.05) is 33.4 Å². The van der Waals surface area contributed by atoms with Gasteiger partial charge in [-0.1, -0.05) is 55.2 Å². The number of hydrogen-bond acceptors (Lipinski definition) is 3. The first kappa shape index (κ1) is 20.6. The van der Waals surface area contributed by atoms with Crippen LogP contribution in [0.25, 0.3) is 0 Å². The van der Waals surface area contributed by atoms with Crippen molar-refractivity contribution in [3.8, 4) is 0 Å². The predicted molar refractivity (Wildman–Crippen MR) is 111 cm³/mol. The highest BCUT2D eigenvalue weighted by atomic mass is 35.5. The molecule has 0 saturated heterocycles. The van der Waals surface area contributed by atoms with Crippen LogP contribution in [0.4, 0.5) is 5.69 Å². The van der Waals surface area contributed by atoms with Crippen LogP contribution in [0, 0.1) is 5.92 Å². The summed E-state index contributed by atoms with van der Waals surface area (Å²) in [6, 6.07) is 12.6. The number of halogens is 2. The molecule has 3 rings (SSSR count). The minimum Gasteiger partial charge on any atom is -0.370 e. The van der Waals surface area contributed by atoms with Gasteiger partial charge in [-0.15, -0.1) is 0 Å². The summed E-state index contributed by atoms with van der Waals surface area (Å²) in [4.78, 5) is 26.5. The van der Waals surface area contributed by atoms with Crippen molar-refractivity contribution in [2.24, 2.45) is 11.7 Å². The van der Waals surface area contributed by atoms with E-state index < -0.39 is 18.1 Å². The summed E-state index contributed by atoms with van der Waals surface area (Å²) in [6.45, 7) is 4.51. The first-order valence-corrected chi connectivity index (χ1v) is 9.82. The van der Waals surface area contributed by atoms with Crippen molar-refractivity contribution in [3.63, 3.8) is 0 Å². The summed E-state index contributed by atoms with van der Waals surface area (Å²) in [5.74, 6) is -0.700. The van der Waals surface area contributed by atoms with Crippen molar-refractivity contribution >= 4 is 40.7 Å². The molecule has 2 aromatic rings. The van der Waals surface area contributed by atoms with E-state index in [1.807, 2.05) is 32.0 Å². The molecule has 1 aliphatic rings. The predicted octanol–water partition coefficient (Wildman–Crippen LogP) is 4.35. The molecule has 0 unspecified atom stereocenters. The molecule has 2 N–H and O–H groups in total. The maximum atomic E-state index is 13.3. The highest BCUT2D eigenvalue weighted by Crippen LogP contribution is 2.42. The standard InChI is InChI=1S/C21H22Cl2N2O3/c1-12(2)11-25-17-8-7-13(22)9-15(17)20(14-5-3-4-6-16(14)23)28-18(21(25)27)10-19(24)26/h3-9,12,18,20H,10-11H2,1-2H3,(H2,24,26)/t18-,20-/m0/s1. The van der Waals surface area contributed by atoms with E-state index in [9.17, 15) is 9.59 Å². The maximum Gasteiger partial charge on any atom is 0.256 e. The fourth-order valence-electron chi connectivity index (χ4n) is 3.37. The lowest BCUT2D eigenvalue weighted by atomic mass is 9.99. The Morgan fingerprint density at radius 1 is 1.18 bits per heavy atom. The van der Waals surface area contributed by atoms with Gasteiger partial charge in [-0.3, -0.25) is 9.59 Å². The molecule has 148 valence electrons. The third-order valence-electron chi connectivity index (χ3n) is 4.53. The van der Waals surface area contributed by atoms with Gasteiger partial charge in [-0.2, -0.15) is 0 Å². The number of primary amides is 1. The zero-order chi connectivity index (χ0) is 20.4. The van der Waals surface area contributed by atoms with Crippen molar-refractivity contribution in [1.82, 2.24) is 0 Å². The molecule has 0 aromatic heterocycles. The van der Waals surface area contributed by atoms with Gasteiger partial charge in [0.25, 0.3) is 5.91 Å². The van der Waals surface area contributed by atoms with Crippen molar-refractivity contribution in [2.45, 2.75) is 32.5 Å². The van der Waals surface area contributed by atoms with Crippen molar-refractivity contribution in [1.29, 1.82) is 0 Å². The monoisotopic (exact) mass is 420 g/mol. The molecule has 1 heterocycles. The van der Waals surface area contributed by atoms with E-state index in [1.165, 1.54) is 0 Å². The number of nitrogens with zero attached hydrogens (tertiary/aromatic N) is 1. The topological polar surface area (TPSA) is 72.6 Å². The third kappa shape index (κ3) is 4.32. The van der Waals surface area contributed by atoms with Crippen LogP contribution >= 0.6 is 23.2 Å². The number of ether oxygens (including phenoxy) is 1. The average molecular weight is 421 g/mol. The molecule has 0 radical (unpaired) electrons. The molecule has 28 heavy (non-hydrogen) atoms. The number of benzene rings is 2.